The highest BCUT2D eigenvalue weighted by Crippen LogP contribution is 1.95. The summed E-state index contributed by atoms with van der Waals surface area (Å²) in [4.78, 5) is 4.02. The molecule has 0 radical (unpaired) electrons. The molecule has 0 aliphatic heterocycles. The number of aliphatic hydroxyl groups is 1. The van der Waals surface area contributed by atoms with Gasteiger partial charge in [-0.3, -0.25) is 0 Å². The molecule has 0 saturated carbocycles. The Hall–Kier alpha value is -0.870. The largest absolute Gasteiger partial charge is 0.396 e. The lowest BCUT2D eigenvalue weighted by molar-refractivity contribution is 0.283. The number of aromatic nitrogens is 2. The lowest BCUT2D eigenvalue weighted by Gasteiger charge is -2.04. The van der Waals surface area contributed by atoms with E-state index in [1.54, 1.807) is 6.33 Å². The fourth-order valence-electron chi connectivity index (χ4n) is 1.13. The zero-order valence-corrected chi connectivity index (χ0v) is 8.03. The lowest BCUT2D eigenvalue weighted by atomic mass is 10.3. The topological polar surface area (TPSA) is 50.1 Å². The summed E-state index contributed by atoms with van der Waals surface area (Å²) in [5.74, 6) is 0. The van der Waals surface area contributed by atoms with Gasteiger partial charge in [-0.2, -0.15) is 0 Å². The maximum absolute atomic E-state index is 8.55. The SMILES string of the molecule is Cn1cncc1CNCCCCO. The first-order valence-corrected chi connectivity index (χ1v) is 4.61. The molecule has 0 saturated heterocycles. The van der Waals surface area contributed by atoms with Crippen LogP contribution in [-0.2, 0) is 13.6 Å². The molecular weight excluding hydrogens is 166 g/mol. The van der Waals surface area contributed by atoms with Gasteiger partial charge in [-0.25, -0.2) is 4.98 Å². The van der Waals surface area contributed by atoms with Gasteiger partial charge in [0.1, 0.15) is 0 Å². The average Bonchev–Trinajstić information content (AvgIpc) is 2.52. The zero-order valence-electron chi connectivity index (χ0n) is 8.03. The third-order valence-corrected chi connectivity index (χ3v) is 1.98. The Morgan fingerprint density at radius 1 is 1.54 bits per heavy atom. The highest BCUT2D eigenvalue weighted by Gasteiger charge is 1.96. The van der Waals surface area contributed by atoms with Gasteiger partial charge in [0.05, 0.1) is 12.0 Å². The Labute approximate surface area is 78.6 Å². The summed E-state index contributed by atoms with van der Waals surface area (Å²) in [6.07, 6.45) is 5.55. The average molecular weight is 183 g/mol. The minimum atomic E-state index is 0.285. The van der Waals surface area contributed by atoms with Gasteiger partial charge >= 0.3 is 0 Å². The van der Waals surface area contributed by atoms with Crippen molar-refractivity contribution in [2.24, 2.45) is 7.05 Å². The highest BCUT2D eigenvalue weighted by molar-refractivity contribution is 4.96. The van der Waals surface area contributed by atoms with Crippen molar-refractivity contribution in [2.45, 2.75) is 19.4 Å². The molecule has 1 heterocycles. The van der Waals surface area contributed by atoms with E-state index in [4.69, 9.17) is 5.11 Å². The lowest BCUT2D eigenvalue weighted by Crippen LogP contribution is -2.16. The van der Waals surface area contributed by atoms with E-state index in [0.29, 0.717) is 0 Å². The van der Waals surface area contributed by atoms with Crippen LogP contribution in [0, 0.1) is 0 Å². The van der Waals surface area contributed by atoms with Crippen molar-refractivity contribution in [2.75, 3.05) is 13.2 Å². The first-order valence-electron chi connectivity index (χ1n) is 4.61. The summed E-state index contributed by atoms with van der Waals surface area (Å²) in [5, 5.41) is 11.8. The van der Waals surface area contributed by atoms with E-state index in [2.05, 4.69) is 10.3 Å². The van der Waals surface area contributed by atoms with Gasteiger partial charge in [0.25, 0.3) is 0 Å². The third-order valence-electron chi connectivity index (χ3n) is 1.98. The number of nitrogens with zero attached hydrogens (tertiary/aromatic N) is 2. The van der Waals surface area contributed by atoms with E-state index in [9.17, 15) is 0 Å². The predicted molar refractivity (Wildman–Crippen MR) is 51.2 cm³/mol. The zero-order chi connectivity index (χ0) is 9.52. The minimum absolute atomic E-state index is 0.285. The van der Waals surface area contributed by atoms with Crippen LogP contribution in [0.15, 0.2) is 12.5 Å². The quantitative estimate of drug-likeness (QED) is 0.623. The molecule has 0 spiro atoms. The van der Waals surface area contributed by atoms with Crippen molar-refractivity contribution in [1.29, 1.82) is 0 Å². The molecule has 1 aromatic heterocycles. The van der Waals surface area contributed by atoms with Crippen molar-refractivity contribution in [3.8, 4) is 0 Å². The summed E-state index contributed by atoms with van der Waals surface area (Å²) in [6.45, 7) is 2.08. The van der Waals surface area contributed by atoms with E-state index in [1.807, 2.05) is 17.8 Å². The molecule has 0 bridgehead atoms. The molecule has 0 aliphatic rings. The van der Waals surface area contributed by atoms with E-state index in [-0.39, 0.29) is 6.61 Å². The van der Waals surface area contributed by atoms with Crippen LogP contribution in [0.4, 0.5) is 0 Å². The number of aliphatic hydroxyl groups excluding tert-OH is 1. The summed E-state index contributed by atoms with van der Waals surface area (Å²) in [7, 11) is 1.98. The van der Waals surface area contributed by atoms with Crippen LogP contribution < -0.4 is 5.32 Å². The van der Waals surface area contributed by atoms with E-state index >= 15 is 0 Å². The molecule has 1 aromatic rings. The van der Waals surface area contributed by atoms with Gasteiger partial charge in [-0.1, -0.05) is 0 Å². The van der Waals surface area contributed by atoms with Gasteiger partial charge in [-0.15, -0.1) is 0 Å². The Bertz CT molecular complexity index is 235. The van der Waals surface area contributed by atoms with Crippen LogP contribution in [0.5, 0.6) is 0 Å². The molecule has 0 aliphatic carbocycles. The second-order valence-corrected chi connectivity index (χ2v) is 3.10. The second-order valence-electron chi connectivity index (χ2n) is 3.10. The Kier molecular flexibility index (Phi) is 4.49. The minimum Gasteiger partial charge on any atom is -0.396 e. The maximum atomic E-state index is 8.55. The summed E-state index contributed by atoms with van der Waals surface area (Å²) >= 11 is 0. The molecule has 0 unspecified atom stereocenters. The highest BCUT2D eigenvalue weighted by atomic mass is 16.2. The van der Waals surface area contributed by atoms with E-state index < -0.39 is 0 Å². The van der Waals surface area contributed by atoms with Crippen molar-refractivity contribution in [3.05, 3.63) is 18.2 Å². The number of hydrogen-bond acceptors (Lipinski definition) is 3. The third kappa shape index (κ3) is 3.57. The van der Waals surface area contributed by atoms with Crippen LogP contribution >= 0.6 is 0 Å². The standard InChI is InChI=1S/C9H17N3O/c1-12-8-11-7-9(12)6-10-4-2-3-5-13/h7-8,10,13H,2-6H2,1H3. The number of aryl methyl sites for hydroxylation is 1. The molecule has 0 fully saturated rings. The van der Waals surface area contributed by atoms with Crippen molar-refractivity contribution >= 4 is 0 Å². The van der Waals surface area contributed by atoms with E-state index in [1.165, 1.54) is 5.69 Å². The van der Waals surface area contributed by atoms with Crippen LogP contribution in [0.1, 0.15) is 18.5 Å². The van der Waals surface area contributed by atoms with Crippen molar-refractivity contribution < 1.29 is 5.11 Å². The summed E-state index contributed by atoms with van der Waals surface area (Å²) < 4.78 is 2.00. The van der Waals surface area contributed by atoms with Gasteiger partial charge in [0.15, 0.2) is 0 Å². The summed E-state index contributed by atoms with van der Waals surface area (Å²) in [5.41, 5.74) is 1.18. The number of hydrogen-bond donors (Lipinski definition) is 2. The van der Waals surface area contributed by atoms with Gasteiger partial charge in [0, 0.05) is 26.4 Å². The van der Waals surface area contributed by atoms with Crippen molar-refractivity contribution in [3.63, 3.8) is 0 Å². The Balaban J connectivity index is 2.10. The first-order chi connectivity index (χ1) is 6.34. The molecule has 74 valence electrons. The first kappa shape index (κ1) is 10.2. The predicted octanol–water partition coefficient (Wildman–Crippen LogP) is 0.282. The van der Waals surface area contributed by atoms with Crippen LogP contribution in [0.2, 0.25) is 0 Å². The fraction of sp³-hybridized carbons (Fsp3) is 0.667. The molecular formula is C9H17N3O. The molecule has 4 nitrogen and oxygen atoms in total. The second kappa shape index (κ2) is 5.72. The number of rotatable bonds is 6. The van der Waals surface area contributed by atoms with Gasteiger partial charge in [0.2, 0.25) is 0 Å². The maximum Gasteiger partial charge on any atom is 0.0945 e. The number of imidazole rings is 1. The van der Waals surface area contributed by atoms with Gasteiger partial charge < -0.3 is 15.0 Å². The molecule has 4 heteroatoms. The molecule has 0 atom stereocenters. The molecule has 2 N–H and O–H groups in total. The smallest absolute Gasteiger partial charge is 0.0945 e. The van der Waals surface area contributed by atoms with Crippen LogP contribution in [0.25, 0.3) is 0 Å². The molecule has 0 amide bonds. The molecule has 0 aromatic carbocycles. The summed E-state index contributed by atoms with van der Waals surface area (Å²) in [6, 6.07) is 0. The number of nitrogens with one attached hydrogen (secondary N) is 1. The Morgan fingerprint density at radius 2 is 2.38 bits per heavy atom. The van der Waals surface area contributed by atoms with E-state index in [0.717, 1.165) is 25.9 Å². The Morgan fingerprint density at radius 3 is 3.00 bits per heavy atom. The monoisotopic (exact) mass is 183 g/mol. The normalized spacial score (nSPS) is 10.6. The van der Waals surface area contributed by atoms with Crippen molar-refractivity contribution in [1.82, 2.24) is 14.9 Å². The van der Waals surface area contributed by atoms with Gasteiger partial charge in [-0.05, 0) is 19.4 Å². The molecule has 1 rings (SSSR count). The molecule has 13 heavy (non-hydrogen) atoms. The van der Waals surface area contributed by atoms with Crippen LogP contribution in [-0.4, -0.2) is 27.8 Å². The van der Waals surface area contributed by atoms with Crippen LogP contribution in [0.3, 0.4) is 0 Å². The number of unbranched alkanes of at least 4 members (excludes halogenated alkanes) is 1. The fourth-order valence-corrected chi connectivity index (χ4v) is 1.13.